The largest absolute Gasteiger partial charge is 0.329 e. The molecular formula is C12H24FNO. The number of nitrogens with zero attached hydrogens (tertiary/aromatic N) is 1. The maximum atomic E-state index is 13.3. The van der Waals surface area contributed by atoms with E-state index in [1.165, 1.54) is 0 Å². The second-order valence-electron chi connectivity index (χ2n) is 6.42. The van der Waals surface area contributed by atoms with Gasteiger partial charge in [-0.05, 0) is 20.8 Å². The first-order valence-electron chi connectivity index (χ1n) is 5.68. The van der Waals surface area contributed by atoms with Crippen molar-refractivity contribution in [1.29, 1.82) is 0 Å². The Bertz CT molecular complexity index is 217. The molecule has 3 heteroatoms. The van der Waals surface area contributed by atoms with Crippen LogP contribution in [0, 0.1) is 5.41 Å². The van der Waals surface area contributed by atoms with E-state index in [-0.39, 0.29) is 17.2 Å². The van der Waals surface area contributed by atoms with Crippen molar-refractivity contribution in [1.82, 2.24) is 4.90 Å². The van der Waals surface area contributed by atoms with E-state index in [2.05, 4.69) is 46.4 Å². The Morgan fingerprint density at radius 2 is 1.67 bits per heavy atom. The normalized spacial score (nSPS) is 30.6. The minimum absolute atomic E-state index is 0.0259. The zero-order valence-corrected chi connectivity index (χ0v) is 10.8. The zero-order valence-electron chi connectivity index (χ0n) is 10.8. The van der Waals surface area contributed by atoms with Gasteiger partial charge in [-0.1, -0.05) is 20.8 Å². The van der Waals surface area contributed by atoms with E-state index < -0.39 is 6.36 Å². The molecule has 1 heterocycles. The molecule has 90 valence electrons. The molecule has 0 N–H and O–H groups in total. The standard InChI is InChI=1S/C12H24FNO/c1-11(2,3)10-14(12(4,5)6)8-7-9(13)15-10/h9-10H,7-8H2,1-6H3. The molecule has 0 aromatic rings. The lowest BCUT2D eigenvalue weighted by Crippen LogP contribution is -2.58. The summed E-state index contributed by atoms with van der Waals surface area (Å²) in [6.45, 7) is 13.5. The van der Waals surface area contributed by atoms with Gasteiger partial charge in [0.05, 0.1) is 0 Å². The van der Waals surface area contributed by atoms with Crippen LogP contribution in [0.15, 0.2) is 0 Å². The monoisotopic (exact) mass is 217 g/mol. The first kappa shape index (κ1) is 12.9. The predicted octanol–water partition coefficient (Wildman–Crippen LogP) is 3.18. The molecule has 0 aromatic carbocycles. The van der Waals surface area contributed by atoms with Crippen LogP contribution in [0.25, 0.3) is 0 Å². The number of halogens is 1. The molecule has 2 nitrogen and oxygen atoms in total. The molecule has 1 aliphatic rings. The van der Waals surface area contributed by atoms with Gasteiger partial charge in [-0.2, -0.15) is 0 Å². The highest BCUT2D eigenvalue weighted by Crippen LogP contribution is 2.35. The van der Waals surface area contributed by atoms with Crippen molar-refractivity contribution in [2.45, 2.75) is 66.1 Å². The average Bonchev–Trinajstić information content (AvgIpc) is 2.00. The van der Waals surface area contributed by atoms with Crippen molar-refractivity contribution >= 4 is 0 Å². The van der Waals surface area contributed by atoms with Gasteiger partial charge in [0.15, 0.2) is 0 Å². The lowest BCUT2D eigenvalue weighted by atomic mass is 9.89. The van der Waals surface area contributed by atoms with E-state index in [1.807, 2.05) is 0 Å². The Labute approximate surface area is 92.8 Å². The minimum Gasteiger partial charge on any atom is -0.329 e. The lowest BCUT2D eigenvalue weighted by molar-refractivity contribution is -0.240. The quantitative estimate of drug-likeness (QED) is 0.618. The summed E-state index contributed by atoms with van der Waals surface area (Å²) >= 11 is 0. The Morgan fingerprint density at radius 3 is 2.07 bits per heavy atom. The molecule has 2 unspecified atom stereocenters. The highest BCUT2D eigenvalue weighted by Gasteiger charge is 2.41. The summed E-state index contributed by atoms with van der Waals surface area (Å²) < 4.78 is 18.7. The maximum Gasteiger partial charge on any atom is 0.201 e. The van der Waals surface area contributed by atoms with E-state index in [0.29, 0.717) is 6.42 Å². The number of hydrogen-bond acceptors (Lipinski definition) is 2. The summed E-state index contributed by atoms with van der Waals surface area (Å²) in [6, 6.07) is 0. The fourth-order valence-corrected chi connectivity index (χ4v) is 2.00. The van der Waals surface area contributed by atoms with Crippen molar-refractivity contribution in [3.8, 4) is 0 Å². The van der Waals surface area contributed by atoms with Crippen LogP contribution in [0.4, 0.5) is 4.39 Å². The van der Waals surface area contributed by atoms with Crippen LogP contribution in [0.5, 0.6) is 0 Å². The first-order valence-corrected chi connectivity index (χ1v) is 5.68. The molecule has 0 aliphatic carbocycles. The van der Waals surface area contributed by atoms with Gasteiger partial charge in [0.1, 0.15) is 6.23 Å². The van der Waals surface area contributed by atoms with Crippen LogP contribution in [0.1, 0.15) is 48.0 Å². The second kappa shape index (κ2) is 4.02. The van der Waals surface area contributed by atoms with E-state index in [1.54, 1.807) is 0 Å². The van der Waals surface area contributed by atoms with Crippen LogP contribution < -0.4 is 0 Å². The molecule has 0 spiro atoms. The van der Waals surface area contributed by atoms with Gasteiger partial charge in [0, 0.05) is 23.9 Å². The van der Waals surface area contributed by atoms with Crippen molar-refractivity contribution in [2.75, 3.05) is 6.54 Å². The number of alkyl halides is 1. The van der Waals surface area contributed by atoms with Crippen LogP contribution in [0.3, 0.4) is 0 Å². The molecule has 0 aromatic heterocycles. The number of rotatable bonds is 0. The maximum absolute atomic E-state index is 13.3. The Kier molecular flexibility index (Phi) is 3.46. The summed E-state index contributed by atoms with van der Waals surface area (Å²) in [5.41, 5.74) is -0.0316. The fourth-order valence-electron chi connectivity index (χ4n) is 2.00. The molecule has 0 radical (unpaired) electrons. The first-order chi connectivity index (χ1) is 6.62. The predicted molar refractivity (Wildman–Crippen MR) is 60.3 cm³/mol. The van der Waals surface area contributed by atoms with Crippen LogP contribution in [0.2, 0.25) is 0 Å². The summed E-state index contributed by atoms with van der Waals surface area (Å²) in [6.07, 6.45) is -0.766. The molecular weight excluding hydrogens is 193 g/mol. The summed E-state index contributed by atoms with van der Waals surface area (Å²) in [5.74, 6) is 0. The van der Waals surface area contributed by atoms with Crippen molar-refractivity contribution in [3.63, 3.8) is 0 Å². The Balaban J connectivity index is 2.85. The van der Waals surface area contributed by atoms with Gasteiger partial charge in [-0.15, -0.1) is 0 Å². The summed E-state index contributed by atoms with van der Waals surface area (Å²) in [4.78, 5) is 2.25. The van der Waals surface area contributed by atoms with Gasteiger partial charge in [0.25, 0.3) is 0 Å². The van der Waals surface area contributed by atoms with Gasteiger partial charge in [-0.3, -0.25) is 4.90 Å². The van der Waals surface area contributed by atoms with E-state index in [4.69, 9.17) is 4.74 Å². The molecule has 1 aliphatic heterocycles. The van der Waals surface area contributed by atoms with Crippen molar-refractivity contribution < 1.29 is 9.13 Å². The van der Waals surface area contributed by atoms with E-state index >= 15 is 0 Å². The highest BCUT2D eigenvalue weighted by atomic mass is 19.1. The van der Waals surface area contributed by atoms with Gasteiger partial charge >= 0.3 is 0 Å². The molecule has 0 saturated carbocycles. The molecule has 15 heavy (non-hydrogen) atoms. The Hall–Kier alpha value is -0.150. The molecule has 0 bridgehead atoms. The third-order valence-corrected chi connectivity index (χ3v) is 2.76. The second-order valence-corrected chi connectivity index (χ2v) is 6.42. The highest BCUT2D eigenvalue weighted by molar-refractivity contribution is 4.87. The average molecular weight is 217 g/mol. The molecule has 1 rings (SSSR count). The van der Waals surface area contributed by atoms with Crippen molar-refractivity contribution in [3.05, 3.63) is 0 Å². The van der Waals surface area contributed by atoms with Crippen LogP contribution in [-0.4, -0.2) is 29.6 Å². The van der Waals surface area contributed by atoms with E-state index in [9.17, 15) is 4.39 Å². The van der Waals surface area contributed by atoms with Crippen molar-refractivity contribution in [2.24, 2.45) is 5.41 Å². The number of ether oxygens (including phenoxy) is 1. The smallest absolute Gasteiger partial charge is 0.201 e. The lowest BCUT2D eigenvalue weighted by Gasteiger charge is -2.49. The third kappa shape index (κ3) is 3.15. The van der Waals surface area contributed by atoms with Crippen LogP contribution in [-0.2, 0) is 4.74 Å². The molecule has 0 amide bonds. The fraction of sp³-hybridized carbons (Fsp3) is 1.00. The SMILES string of the molecule is CC(C)(C)C1OC(F)CCN1C(C)(C)C. The molecule has 1 fully saturated rings. The molecule has 1 saturated heterocycles. The van der Waals surface area contributed by atoms with Gasteiger partial charge in [-0.25, -0.2) is 4.39 Å². The zero-order chi connectivity index (χ0) is 11.9. The topological polar surface area (TPSA) is 12.5 Å². The third-order valence-electron chi connectivity index (χ3n) is 2.76. The molecule has 2 atom stereocenters. The van der Waals surface area contributed by atoms with Gasteiger partial charge < -0.3 is 4.74 Å². The Morgan fingerprint density at radius 1 is 1.13 bits per heavy atom. The van der Waals surface area contributed by atoms with Gasteiger partial charge in [0.2, 0.25) is 6.36 Å². The minimum atomic E-state index is -1.10. The summed E-state index contributed by atoms with van der Waals surface area (Å²) in [7, 11) is 0. The van der Waals surface area contributed by atoms with Crippen LogP contribution >= 0.6 is 0 Å². The summed E-state index contributed by atoms with van der Waals surface area (Å²) in [5, 5.41) is 0. The number of hydrogen-bond donors (Lipinski definition) is 0. The van der Waals surface area contributed by atoms with E-state index in [0.717, 1.165) is 6.54 Å².